The number of carbonyl (C=O) groups excluding carboxylic acids is 1. The Balaban J connectivity index is 2.54. The summed E-state index contributed by atoms with van der Waals surface area (Å²) in [6.45, 7) is 3.73. The molecule has 0 aliphatic carbocycles. The normalized spacial score (nSPS) is 25.1. The lowest BCUT2D eigenvalue weighted by Crippen LogP contribution is -2.46. The number of nitrogens with one attached hydrogen (secondary N) is 1. The molecule has 0 radical (unpaired) electrons. The van der Waals surface area contributed by atoms with Crippen LogP contribution in [0.2, 0.25) is 0 Å². The van der Waals surface area contributed by atoms with Crippen molar-refractivity contribution in [2.24, 2.45) is 11.1 Å². The highest BCUT2D eigenvalue weighted by atomic mass is 32.2. The molecule has 88 valence electrons. The van der Waals surface area contributed by atoms with Crippen LogP contribution in [0.3, 0.4) is 0 Å². The Morgan fingerprint density at radius 3 is 2.53 bits per heavy atom. The minimum atomic E-state index is -2.94. The van der Waals surface area contributed by atoms with Crippen LogP contribution in [0.25, 0.3) is 0 Å². The molecule has 1 unspecified atom stereocenters. The van der Waals surface area contributed by atoms with E-state index in [2.05, 4.69) is 5.32 Å². The van der Waals surface area contributed by atoms with Gasteiger partial charge in [0, 0.05) is 12.6 Å². The van der Waals surface area contributed by atoms with Crippen LogP contribution in [-0.2, 0) is 14.6 Å². The highest BCUT2D eigenvalue weighted by Crippen LogP contribution is 2.16. The molecule has 6 heteroatoms. The molecular formula is C9H18N2O3S. The van der Waals surface area contributed by atoms with E-state index in [4.69, 9.17) is 5.73 Å². The maximum Gasteiger partial charge on any atom is 0.227 e. The van der Waals surface area contributed by atoms with Gasteiger partial charge in [-0.05, 0) is 20.3 Å². The number of hydrogen-bond donors (Lipinski definition) is 2. The molecule has 1 atom stereocenters. The summed E-state index contributed by atoms with van der Waals surface area (Å²) in [6.07, 6.45) is 0.509. The Morgan fingerprint density at radius 2 is 2.13 bits per heavy atom. The zero-order valence-corrected chi connectivity index (χ0v) is 9.93. The molecule has 15 heavy (non-hydrogen) atoms. The maximum atomic E-state index is 11.7. The summed E-state index contributed by atoms with van der Waals surface area (Å²) < 4.78 is 22.3. The lowest BCUT2D eigenvalue weighted by molar-refractivity contribution is -0.129. The molecule has 1 rings (SSSR count). The monoisotopic (exact) mass is 234 g/mol. The molecule has 0 spiro atoms. The first kappa shape index (κ1) is 12.4. The first-order valence-electron chi connectivity index (χ1n) is 4.98. The van der Waals surface area contributed by atoms with Gasteiger partial charge >= 0.3 is 0 Å². The van der Waals surface area contributed by atoms with Crippen molar-refractivity contribution in [3.63, 3.8) is 0 Å². The largest absolute Gasteiger partial charge is 0.352 e. The number of rotatable bonds is 3. The molecule has 1 saturated heterocycles. The second-order valence-corrected chi connectivity index (χ2v) is 6.89. The molecule has 0 aromatic rings. The number of sulfone groups is 1. The van der Waals surface area contributed by atoms with E-state index in [1.807, 2.05) is 0 Å². The van der Waals surface area contributed by atoms with Gasteiger partial charge in [-0.15, -0.1) is 0 Å². The fraction of sp³-hybridized carbons (Fsp3) is 0.889. The first-order chi connectivity index (χ1) is 6.77. The molecule has 0 saturated carbocycles. The fourth-order valence-corrected chi connectivity index (χ4v) is 3.06. The van der Waals surface area contributed by atoms with Crippen molar-refractivity contribution in [1.29, 1.82) is 0 Å². The van der Waals surface area contributed by atoms with Gasteiger partial charge in [-0.2, -0.15) is 0 Å². The summed E-state index contributed by atoms with van der Waals surface area (Å²) in [6, 6.07) is -0.242. The predicted molar refractivity (Wildman–Crippen MR) is 58.0 cm³/mol. The van der Waals surface area contributed by atoms with Crippen LogP contribution in [0.1, 0.15) is 20.3 Å². The van der Waals surface area contributed by atoms with Crippen LogP contribution in [0.5, 0.6) is 0 Å². The highest BCUT2D eigenvalue weighted by Gasteiger charge is 2.33. The minimum absolute atomic E-state index is 0.0550. The molecule has 1 heterocycles. The average Bonchev–Trinajstić information content (AvgIpc) is 2.45. The molecule has 3 N–H and O–H groups in total. The zero-order valence-electron chi connectivity index (χ0n) is 9.12. The van der Waals surface area contributed by atoms with Crippen molar-refractivity contribution in [2.75, 3.05) is 18.1 Å². The highest BCUT2D eigenvalue weighted by molar-refractivity contribution is 7.91. The van der Waals surface area contributed by atoms with Crippen molar-refractivity contribution in [3.8, 4) is 0 Å². The van der Waals surface area contributed by atoms with Crippen LogP contribution in [-0.4, -0.2) is 38.4 Å². The molecule has 1 aliphatic heterocycles. The summed E-state index contributed by atoms with van der Waals surface area (Å²) in [4.78, 5) is 11.7. The summed E-state index contributed by atoms with van der Waals surface area (Å²) in [5, 5.41) is 2.73. The number of hydrogen-bond acceptors (Lipinski definition) is 4. The summed E-state index contributed by atoms with van der Waals surface area (Å²) in [5.74, 6) is 0.0486. The van der Waals surface area contributed by atoms with Crippen molar-refractivity contribution < 1.29 is 13.2 Å². The zero-order chi connectivity index (χ0) is 11.7. The van der Waals surface area contributed by atoms with Crippen LogP contribution < -0.4 is 11.1 Å². The quantitative estimate of drug-likeness (QED) is 0.674. The van der Waals surface area contributed by atoms with E-state index in [1.54, 1.807) is 13.8 Å². The average molecular weight is 234 g/mol. The molecule has 0 aromatic carbocycles. The SMILES string of the molecule is CC(C)(CN)C(=O)NC1CCS(=O)(=O)C1. The topological polar surface area (TPSA) is 89.3 Å². The Hall–Kier alpha value is -0.620. The molecule has 0 bridgehead atoms. The summed E-state index contributed by atoms with van der Waals surface area (Å²) >= 11 is 0. The molecule has 1 aliphatic rings. The van der Waals surface area contributed by atoms with Gasteiger partial charge in [0.15, 0.2) is 9.84 Å². The van der Waals surface area contributed by atoms with Gasteiger partial charge in [-0.25, -0.2) is 8.42 Å². The summed E-state index contributed by atoms with van der Waals surface area (Å²) in [7, 11) is -2.94. The van der Waals surface area contributed by atoms with E-state index in [9.17, 15) is 13.2 Å². The van der Waals surface area contributed by atoms with Gasteiger partial charge < -0.3 is 11.1 Å². The van der Waals surface area contributed by atoms with Crippen molar-refractivity contribution in [2.45, 2.75) is 26.3 Å². The van der Waals surface area contributed by atoms with Gasteiger partial charge in [0.25, 0.3) is 0 Å². The molecular weight excluding hydrogens is 216 g/mol. The van der Waals surface area contributed by atoms with E-state index in [0.717, 1.165) is 0 Å². The molecule has 1 fully saturated rings. The van der Waals surface area contributed by atoms with E-state index in [1.165, 1.54) is 0 Å². The minimum Gasteiger partial charge on any atom is -0.352 e. The lowest BCUT2D eigenvalue weighted by atomic mass is 9.92. The van der Waals surface area contributed by atoms with Gasteiger partial charge in [-0.3, -0.25) is 4.79 Å². The Bertz CT molecular complexity index is 348. The van der Waals surface area contributed by atoms with Crippen LogP contribution in [0.4, 0.5) is 0 Å². The molecule has 5 nitrogen and oxygen atoms in total. The second kappa shape index (κ2) is 4.09. The molecule has 0 aromatic heterocycles. The van der Waals surface area contributed by atoms with Crippen molar-refractivity contribution in [3.05, 3.63) is 0 Å². The van der Waals surface area contributed by atoms with E-state index >= 15 is 0 Å². The van der Waals surface area contributed by atoms with Crippen LogP contribution >= 0.6 is 0 Å². The summed E-state index contributed by atoms with van der Waals surface area (Å²) in [5.41, 5.74) is 4.82. The van der Waals surface area contributed by atoms with Gasteiger partial charge in [0.2, 0.25) is 5.91 Å². The van der Waals surface area contributed by atoms with Crippen LogP contribution in [0, 0.1) is 5.41 Å². The second-order valence-electron chi connectivity index (χ2n) is 4.66. The Kier molecular flexibility index (Phi) is 3.40. The number of amides is 1. The Labute approximate surface area is 90.3 Å². The smallest absolute Gasteiger partial charge is 0.227 e. The predicted octanol–water partition coefficient (Wildman–Crippen LogP) is -0.725. The Morgan fingerprint density at radius 1 is 1.53 bits per heavy atom. The van der Waals surface area contributed by atoms with E-state index < -0.39 is 15.3 Å². The lowest BCUT2D eigenvalue weighted by Gasteiger charge is -2.23. The fourth-order valence-electron chi connectivity index (χ4n) is 1.38. The van der Waals surface area contributed by atoms with Gasteiger partial charge in [0.1, 0.15) is 0 Å². The van der Waals surface area contributed by atoms with Crippen LogP contribution in [0.15, 0.2) is 0 Å². The maximum absolute atomic E-state index is 11.7. The standard InChI is InChI=1S/C9H18N2O3S/c1-9(2,6-10)8(12)11-7-3-4-15(13,14)5-7/h7H,3-6,10H2,1-2H3,(H,11,12). The van der Waals surface area contributed by atoms with Gasteiger partial charge in [0.05, 0.1) is 16.9 Å². The number of carbonyl (C=O) groups is 1. The first-order valence-corrected chi connectivity index (χ1v) is 6.80. The number of nitrogens with two attached hydrogens (primary N) is 1. The van der Waals surface area contributed by atoms with Crippen molar-refractivity contribution >= 4 is 15.7 Å². The van der Waals surface area contributed by atoms with Gasteiger partial charge in [-0.1, -0.05) is 0 Å². The third-order valence-corrected chi connectivity index (χ3v) is 4.46. The van der Waals surface area contributed by atoms with Crippen molar-refractivity contribution in [1.82, 2.24) is 5.32 Å². The third-order valence-electron chi connectivity index (χ3n) is 2.69. The molecule has 1 amide bonds. The van der Waals surface area contributed by atoms with E-state index in [-0.39, 0.29) is 30.0 Å². The third kappa shape index (κ3) is 3.17. The van der Waals surface area contributed by atoms with E-state index in [0.29, 0.717) is 6.42 Å².